The van der Waals surface area contributed by atoms with Crippen LogP contribution < -0.4 is 0 Å². The third-order valence-corrected chi connectivity index (χ3v) is 5.42. The molecule has 138 valence electrons. The van der Waals surface area contributed by atoms with Crippen molar-refractivity contribution in [3.05, 3.63) is 41.7 Å². The maximum Gasteiger partial charge on any atom is 0.252 e. The van der Waals surface area contributed by atoms with Crippen molar-refractivity contribution in [3.8, 4) is 5.69 Å². The minimum Gasteiger partial charge on any atom is -0.365 e. The maximum atomic E-state index is 12.9. The van der Waals surface area contributed by atoms with E-state index < -0.39 is 0 Å². The molecule has 0 N–H and O–H groups in total. The molecule has 2 aromatic rings. The van der Waals surface area contributed by atoms with Gasteiger partial charge in [-0.05, 0) is 31.4 Å². The van der Waals surface area contributed by atoms with E-state index in [2.05, 4.69) is 10.3 Å². The predicted molar refractivity (Wildman–Crippen MR) is 97.9 cm³/mol. The molecule has 1 unspecified atom stereocenters. The number of amides is 1. The summed E-state index contributed by atoms with van der Waals surface area (Å²) in [5.74, 6) is 0.0966. The molecule has 1 aliphatic heterocycles. The number of carbonyl (C=O) groups is 1. The third kappa shape index (κ3) is 3.38. The first-order valence-electron chi connectivity index (χ1n) is 9.69. The number of aromatic nitrogens is 3. The Morgan fingerprint density at radius 3 is 2.77 bits per heavy atom. The fourth-order valence-electron chi connectivity index (χ4n) is 3.96. The number of ether oxygens (including phenoxy) is 1. The van der Waals surface area contributed by atoms with E-state index in [4.69, 9.17) is 4.74 Å². The summed E-state index contributed by atoms with van der Waals surface area (Å²) in [6.45, 7) is 3.24. The number of hydrogen-bond donors (Lipinski definition) is 0. The van der Waals surface area contributed by atoms with Gasteiger partial charge in [0.2, 0.25) is 0 Å². The summed E-state index contributed by atoms with van der Waals surface area (Å²) in [5, 5.41) is 8.64. The number of nitrogens with zero attached hydrogens (tertiary/aromatic N) is 4. The Labute approximate surface area is 154 Å². The van der Waals surface area contributed by atoms with E-state index >= 15 is 0 Å². The van der Waals surface area contributed by atoms with E-state index in [0.29, 0.717) is 13.1 Å². The fourth-order valence-corrected chi connectivity index (χ4v) is 3.96. The van der Waals surface area contributed by atoms with E-state index in [-0.39, 0.29) is 18.1 Å². The quantitative estimate of drug-likeness (QED) is 0.828. The molecule has 1 fully saturated rings. The smallest absolute Gasteiger partial charge is 0.252 e. The molecule has 1 aliphatic carbocycles. The van der Waals surface area contributed by atoms with Gasteiger partial charge in [0, 0.05) is 13.0 Å². The summed E-state index contributed by atoms with van der Waals surface area (Å²) in [4.78, 5) is 14.8. The molecule has 1 saturated carbocycles. The van der Waals surface area contributed by atoms with Crippen molar-refractivity contribution in [2.75, 3.05) is 6.54 Å². The van der Waals surface area contributed by atoms with Gasteiger partial charge in [0.1, 0.15) is 11.8 Å². The van der Waals surface area contributed by atoms with Gasteiger partial charge >= 0.3 is 0 Å². The van der Waals surface area contributed by atoms with Gasteiger partial charge in [-0.15, -0.1) is 5.10 Å². The number of benzene rings is 1. The molecule has 2 heterocycles. The second kappa shape index (κ2) is 7.58. The standard InChI is InChI=1S/C20H26N4O2/c1-2-19(26-16-10-6-7-11-16)20(25)23-13-12-18-17(14-23)21-22-24(18)15-8-4-3-5-9-15/h3-5,8-9,16,19H,2,6-7,10-14H2,1H3. The summed E-state index contributed by atoms with van der Waals surface area (Å²) >= 11 is 0. The van der Waals surface area contributed by atoms with Crippen LogP contribution in [0.5, 0.6) is 0 Å². The molecule has 6 heteroatoms. The average molecular weight is 354 g/mol. The van der Waals surface area contributed by atoms with E-state index in [0.717, 1.165) is 42.8 Å². The van der Waals surface area contributed by atoms with Crippen LogP contribution in [0.3, 0.4) is 0 Å². The molecule has 6 nitrogen and oxygen atoms in total. The van der Waals surface area contributed by atoms with Crippen LogP contribution in [0, 0.1) is 0 Å². The molecule has 2 aliphatic rings. The zero-order valence-corrected chi connectivity index (χ0v) is 15.3. The Hall–Kier alpha value is -2.21. The first kappa shape index (κ1) is 17.2. The molecule has 0 bridgehead atoms. The van der Waals surface area contributed by atoms with Crippen LogP contribution in [0.25, 0.3) is 5.69 Å². The number of para-hydroxylation sites is 1. The molecular formula is C20H26N4O2. The topological polar surface area (TPSA) is 60.2 Å². The largest absolute Gasteiger partial charge is 0.365 e. The van der Waals surface area contributed by atoms with Gasteiger partial charge in [0.25, 0.3) is 5.91 Å². The van der Waals surface area contributed by atoms with E-state index in [9.17, 15) is 4.79 Å². The van der Waals surface area contributed by atoms with Crippen LogP contribution in [0.4, 0.5) is 0 Å². The Morgan fingerprint density at radius 1 is 1.27 bits per heavy atom. The number of rotatable bonds is 5. The minimum atomic E-state index is -0.330. The molecule has 0 radical (unpaired) electrons. The van der Waals surface area contributed by atoms with Gasteiger partial charge in [-0.2, -0.15) is 0 Å². The number of hydrogen-bond acceptors (Lipinski definition) is 4. The Morgan fingerprint density at radius 2 is 2.04 bits per heavy atom. The predicted octanol–water partition coefficient (Wildman–Crippen LogP) is 2.89. The molecular weight excluding hydrogens is 328 g/mol. The lowest BCUT2D eigenvalue weighted by molar-refractivity contribution is -0.148. The number of fused-ring (bicyclic) bond motifs is 1. The summed E-state index contributed by atoms with van der Waals surface area (Å²) in [5.41, 5.74) is 3.01. The monoisotopic (exact) mass is 354 g/mol. The second-order valence-corrected chi connectivity index (χ2v) is 7.18. The van der Waals surface area contributed by atoms with Crippen LogP contribution in [0.15, 0.2) is 30.3 Å². The average Bonchev–Trinajstić information content (AvgIpc) is 3.35. The van der Waals surface area contributed by atoms with Gasteiger partial charge in [-0.1, -0.05) is 43.2 Å². The Kier molecular flexibility index (Phi) is 5.02. The highest BCUT2D eigenvalue weighted by molar-refractivity contribution is 5.81. The first-order chi connectivity index (χ1) is 12.8. The van der Waals surface area contributed by atoms with Crippen molar-refractivity contribution in [3.63, 3.8) is 0 Å². The van der Waals surface area contributed by atoms with Crippen LogP contribution in [-0.4, -0.2) is 44.6 Å². The van der Waals surface area contributed by atoms with Gasteiger partial charge in [-0.3, -0.25) is 4.79 Å². The fraction of sp³-hybridized carbons (Fsp3) is 0.550. The van der Waals surface area contributed by atoms with Crippen LogP contribution in [-0.2, 0) is 22.5 Å². The van der Waals surface area contributed by atoms with E-state index in [1.807, 2.05) is 46.8 Å². The third-order valence-electron chi connectivity index (χ3n) is 5.42. The molecule has 1 aromatic heterocycles. The second-order valence-electron chi connectivity index (χ2n) is 7.18. The van der Waals surface area contributed by atoms with Crippen molar-refractivity contribution < 1.29 is 9.53 Å². The van der Waals surface area contributed by atoms with Gasteiger partial charge in [0.15, 0.2) is 0 Å². The number of carbonyl (C=O) groups excluding carboxylic acids is 1. The summed E-state index contributed by atoms with van der Waals surface area (Å²) in [6, 6.07) is 10.0. The van der Waals surface area contributed by atoms with Crippen LogP contribution >= 0.6 is 0 Å². The SMILES string of the molecule is CCC(OC1CCCC1)C(=O)N1CCc2c(nnn2-c2ccccc2)C1. The van der Waals surface area contributed by atoms with Crippen LogP contribution in [0.1, 0.15) is 50.4 Å². The normalized spacial score (nSPS) is 18.7. The highest BCUT2D eigenvalue weighted by Crippen LogP contribution is 2.25. The summed E-state index contributed by atoms with van der Waals surface area (Å²) < 4.78 is 8.00. The Balaban J connectivity index is 1.46. The van der Waals surface area contributed by atoms with E-state index in [1.54, 1.807) is 0 Å². The zero-order chi connectivity index (χ0) is 17.9. The summed E-state index contributed by atoms with van der Waals surface area (Å²) in [6.07, 6.45) is 6.00. The molecule has 0 saturated heterocycles. The maximum absolute atomic E-state index is 12.9. The Bertz CT molecular complexity index is 752. The molecule has 26 heavy (non-hydrogen) atoms. The van der Waals surface area contributed by atoms with Gasteiger partial charge in [-0.25, -0.2) is 4.68 Å². The van der Waals surface area contributed by atoms with Crippen LogP contribution in [0.2, 0.25) is 0 Å². The van der Waals surface area contributed by atoms with Gasteiger partial charge < -0.3 is 9.64 Å². The van der Waals surface area contributed by atoms with Crippen molar-refractivity contribution in [1.82, 2.24) is 19.9 Å². The molecule has 1 atom stereocenters. The minimum absolute atomic E-state index is 0.0966. The first-order valence-corrected chi connectivity index (χ1v) is 9.69. The highest BCUT2D eigenvalue weighted by Gasteiger charge is 2.31. The lowest BCUT2D eigenvalue weighted by atomic mass is 10.1. The lowest BCUT2D eigenvalue weighted by Gasteiger charge is -2.30. The zero-order valence-electron chi connectivity index (χ0n) is 15.3. The lowest BCUT2D eigenvalue weighted by Crippen LogP contribution is -2.44. The highest BCUT2D eigenvalue weighted by atomic mass is 16.5. The van der Waals surface area contributed by atoms with Gasteiger partial charge in [0.05, 0.1) is 24.0 Å². The molecule has 0 spiro atoms. The van der Waals surface area contributed by atoms with Crippen molar-refractivity contribution in [2.24, 2.45) is 0 Å². The van der Waals surface area contributed by atoms with Crippen molar-refractivity contribution >= 4 is 5.91 Å². The van der Waals surface area contributed by atoms with Crippen molar-refractivity contribution in [1.29, 1.82) is 0 Å². The molecule has 1 amide bonds. The molecule has 4 rings (SSSR count). The van der Waals surface area contributed by atoms with Crippen molar-refractivity contribution in [2.45, 2.75) is 64.2 Å². The summed E-state index contributed by atoms with van der Waals surface area (Å²) in [7, 11) is 0. The molecule has 1 aromatic carbocycles. The van der Waals surface area contributed by atoms with E-state index in [1.165, 1.54) is 12.8 Å².